The van der Waals surface area contributed by atoms with Crippen molar-refractivity contribution in [2.75, 3.05) is 11.4 Å². The van der Waals surface area contributed by atoms with Gasteiger partial charge in [-0.25, -0.2) is 4.79 Å². The SMILES string of the molecule is O=C(O)C(Oc1ccc(C2CCN(c3ccccc3)c3ccccc32)cc1)c1cccc(Cl)c1. The third-order valence-corrected chi connectivity index (χ3v) is 6.46. The Morgan fingerprint density at radius 1 is 0.912 bits per heavy atom. The zero-order valence-corrected chi connectivity index (χ0v) is 19.2. The van der Waals surface area contributed by atoms with E-state index in [2.05, 4.69) is 53.4 Å². The van der Waals surface area contributed by atoms with Gasteiger partial charge in [0.25, 0.3) is 0 Å². The molecule has 2 unspecified atom stereocenters. The molecule has 1 aliphatic heterocycles. The Morgan fingerprint density at radius 2 is 1.65 bits per heavy atom. The summed E-state index contributed by atoms with van der Waals surface area (Å²) >= 11 is 6.04. The minimum absolute atomic E-state index is 0.258. The third-order valence-electron chi connectivity index (χ3n) is 6.22. The van der Waals surface area contributed by atoms with Crippen molar-refractivity contribution in [2.24, 2.45) is 0 Å². The Kier molecular flexibility index (Phi) is 6.24. The fourth-order valence-electron chi connectivity index (χ4n) is 4.63. The Labute approximate surface area is 204 Å². The zero-order valence-electron chi connectivity index (χ0n) is 18.5. The predicted molar refractivity (Wildman–Crippen MR) is 135 cm³/mol. The van der Waals surface area contributed by atoms with E-state index in [0.29, 0.717) is 16.3 Å². The van der Waals surface area contributed by atoms with E-state index in [9.17, 15) is 9.90 Å². The Balaban J connectivity index is 1.39. The molecule has 0 radical (unpaired) electrons. The molecule has 0 spiro atoms. The molecule has 4 nitrogen and oxygen atoms in total. The summed E-state index contributed by atoms with van der Waals surface area (Å²) in [5, 5.41) is 10.2. The number of nitrogens with zero attached hydrogens (tertiary/aromatic N) is 1. The van der Waals surface area contributed by atoms with Crippen LogP contribution in [-0.2, 0) is 4.79 Å². The second-order valence-corrected chi connectivity index (χ2v) is 8.78. The summed E-state index contributed by atoms with van der Waals surface area (Å²) in [7, 11) is 0. The number of ether oxygens (including phenoxy) is 1. The van der Waals surface area contributed by atoms with Crippen LogP contribution >= 0.6 is 11.6 Å². The molecule has 5 rings (SSSR count). The van der Waals surface area contributed by atoms with Crippen LogP contribution in [0.5, 0.6) is 5.75 Å². The molecule has 0 aliphatic carbocycles. The van der Waals surface area contributed by atoms with Gasteiger partial charge in [0.2, 0.25) is 6.10 Å². The standard InChI is InChI=1S/C29H24ClNO3/c30-22-8-6-7-21(19-22)28(29(32)33)34-24-15-13-20(14-16-24)25-17-18-31(23-9-2-1-3-10-23)27-12-5-4-11-26(25)27/h1-16,19,25,28H,17-18H2,(H,32,33). The van der Waals surface area contributed by atoms with Crippen molar-refractivity contribution in [2.45, 2.75) is 18.4 Å². The van der Waals surface area contributed by atoms with Crippen molar-refractivity contribution in [1.82, 2.24) is 0 Å². The van der Waals surface area contributed by atoms with Gasteiger partial charge in [0.15, 0.2) is 0 Å². The van der Waals surface area contributed by atoms with Crippen LogP contribution in [0, 0.1) is 0 Å². The smallest absolute Gasteiger partial charge is 0.349 e. The summed E-state index contributed by atoms with van der Waals surface area (Å²) in [5.41, 5.74) is 5.39. The van der Waals surface area contributed by atoms with E-state index in [1.807, 2.05) is 30.3 Å². The van der Waals surface area contributed by atoms with Crippen molar-refractivity contribution in [3.8, 4) is 5.75 Å². The number of aliphatic carboxylic acids is 1. The number of benzene rings is 4. The van der Waals surface area contributed by atoms with E-state index >= 15 is 0 Å². The molecule has 2 atom stereocenters. The highest BCUT2D eigenvalue weighted by atomic mass is 35.5. The number of rotatable bonds is 6. The maximum absolute atomic E-state index is 11.8. The van der Waals surface area contributed by atoms with Crippen LogP contribution in [0.4, 0.5) is 11.4 Å². The second-order valence-electron chi connectivity index (χ2n) is 8.35. The van der Waals surface area contributed by atoms with Gasteiger partial charge in [-0.3, -0.25) is 0 Å². The van der Waals surface area contributed by atoms with Gasteiger partial charge in [0, 0.05) is 34.4 Å². The Bertz CT molecular complexity index is 1290. The average Bonchev–Trinajstić information content (AvgIpc) is 2.87. The lowest BCUT2D eigenvalue weighted by Gasteiger charge is -2.36. The molecule has 0 saturated heterocycles. The van der Waals surface area contributed by atoms with Gasteiger partial charge in [-0.2, -0.15) is 0 Å². The number of anilines is 2. The van der Waals surface area contributed by atoms with Crippen LogP contribution in [0.2, 0.25) is 5.02 Å². The number of halogens is 1. The van der Waals surface area contributed by atoms with Crippen molar-refractivity contribution < 1.29 is 14.6 Å². The number of hydrogen-bond acceptors (Lipinski definition) is 3. The van der Waals surface area contributed by atoms with Crippen LogP contribution in [0.15, 0.2) is 103 Å². The van der Waals surface area contributed by atoms with Crippen molar-refractivity contribution in [1.29, 1.82) is 0 Å². The van der Waals surface area contributed by atoms with Crippen LogP contribution in [-0.4, -0.2) is 17.6 Å². The minimum Gasteiger partial charge on any atom is -0.478 e. The molecule has 0 amide bonds. The van der Waals surface area contributed by atoms with E-state index in [1.165, 1.54) is 22.5 Å². The Hall–Kier alpha value is -3.76. The van der Waals surface area contributed by atoms with Gasteiger partial charge in [0.1, 0.15) is 5.75 Å². The summed E-state index contributed by atoms with van der Waals surface area (Å²) in [6.07, 6.45) is -0.147. The molecule has 0 saturated carbocycles. The largest absolute Gasteiger partial charge is 0.478 e. The normalized spacial score (nSPS) is 15.9. The van der Waals surface area contributed by atoms with E-state index in [-0.39, 0.29) is 5.92 Å². The molecule has 1 aliphatic rings. The quantitative estimate of drug-likeness (QED) is 0.324. The molecular weight excluding hydrogens is 446 g/mol. The fourth-order valence-corrected chi connectivity index (χ4v) is 4.83. The molecule has 0 fully saturated rings. The maximum Gasteiger partial charge on any atom is 0.349 e. The number of carbonyl (C=O) groups is 1. The molecule has 34 heavy (non-hydrogen) atoms. The first-order valence-corrected chi connectivity index (χ1v) is 11.6. The van der Waals surface area contributed by atoms with Crippen molar-refractivity contribution >= 4 is 28.9 Å². The van der Waals surface area contributed by atoms with Crippen LogP contribution < -0.4 is 9.64 Å². The van der Waals surface area contributed by atoms with Gasteiger partial charge < -0.3 is 14.7 Å². The van der Waals surface area contributed by atoms with E-state index < -0.39 is 12.1 Å². The third kappa shape index (κ3) is 4.50. The highest BCUT2D eigenvalue weighted by molar-refractivity contribution is 6.30. The number of carboxylic acids is 1. The summed E-state index contributed by atoms with van der Waals surface area (Å²) in [6.45, 7) is 0.916. The van der Waals surface area contributed by atoms with E-state index in [0.717, 1.165) is 13.0 Å². The summed E-state index contributed by atoms with van der Waals surface area (Å²) in [4.78, 5) is 14.2. The summed E-state index contributed by atoms with van der Waals surface area (Å²) in [6, 6.07) is 33.5. The van der Waals surface area contributed by atoms with Gasteiger partial charge in [-0.05, 0) is 60.0 Å². The maximum atomic E-state index is 11.8. The lowest BCUT2D eigenvalue weighted by Crippen LogP contribution is -2.27. The Morgan fingerprint density at radius 3 is 2.38 bits per heavy atom. The highest BCUT2D eigenvalue weighted by Gasteiger charge is 2.27. The van der Waals surface area contributed by atoms with Gasteiger partial charge in [-0.15, -0.1) is 0 Å². The van der Waals surface area contributed by atoms with E-state index in [4.69, 9.17) is 16.3 Å². The van der Waals surface area contributed by atoms with Gasteiger partial charge in [0.05, 0.1) is 0 Å². The summed E-state index contributed by atoms with van der Waals surface area (Å²) in [5.74, 6) is -0.298. The topological polar surface area (TPSA) is 49.8 Å². The van der Waals surface area contributed by atoms with Crippen LogP contribution in [0.25, 0.3) is 0 Å². The number of carboxylic acid groups (broad SMARTS) is 1. The fraction of sp³-hybridized carbons (Fsp3) is 0.138. The zero-order chi connectivity index (χ0) is 23.5. The van der Waals surface area contributed by atoms with Crippen LogP contribution in [0.1, 0.15) is 35.1 Å². The molecule has 0 aromatic heterocycles. The van der Waals surface area contributed by atoms with Crippen molar-refractivity contribution in [3.05, 3.63) is 125 Å². The highest BCUT2D eigenvalue weighted by Crippen LogP contribution is 2.42. The molecule has 4 aromatic rings. The number of hydrogen-bond donors (Lipinski definition) is 1. The van der Waals surface area contributed by atoms with Gasteiger partial charge >= 0.3 is 5.97 Å². The summed E-state index contributed by atoms with van der Waals surface area (Å²) < 4.78 is 5.84. The predicted octanol–water partition coefficient (Wildman–Crippen LogP) is 7.22. The monoisotopic (exact) mass is 469 g/mol. The second kappa shape index (κ2) is 9.62. The lowest BCUT2D eigenvalue weighted by molar-refractivity contribution is -0.145. The molecule has 5 heteroatoms. The minimum atomic E-state index is -1.13. The van der Waals surface area contributed by atoms with Crippen LogP contribution in [0.3, 0.4) is 0 Å². The molecule has 1 heterocycles. The van der Waals surface area contributed by atoms with Crippen molar-refractivity contribution in [3.63, 3.8) is 0 Å². The first-order valence-electron chi connectivity index (χ1n) is 11.3. The number of para-hydroxylation sites is 2. The molecule has 170 valence electrons. The lowest BCUT2D eigenvalue weighted by atomic mass is 9.84. The first-order chi connectivity index (χ1) is 16.6. The average molecular weight is 470 g/mol. The molecule has 1 N–H and O–H groups in total. The number of fused-ring (bicyclic) bond motifs is 1. The molecule has 4 aromatic carbocycles. The van der Waals surface area contributed by atoms with Gasteiger partial charge in [-0.1, -0.05) is 72.3 Å². The molecule has 0 bridgehead atoms. The first kappa shape index (κ1) is 22.1. The molecular formula is C29H24ClNO3. The van der Waals surface area contributed by atoms with E-state index in [1.54, 1.807) is 24.3 Å².